The molecule has 0 spiro atoms. The Balaban J connectivity index is 2.40. The second kappa shape index (κ2) is 5.35. The molecule has 1 heterocycles. The van der Waals surface area contributed by atoms with Crippen molar-refractivity contribution in [3.05, 3.63) is 23.3 Å². The summed E-state index contributed by atoms with van der Waals surface area (Å²) in [6.45, 7) is 1.59. The third-order valence-electron chi connectivity index (χ3n) is 2.69. The van der Waals surface area contributed by atoms with Gasteiger partial charge in [-0.15, -0.1) is 0 Å². The monoisotopic (exact) mass is 239 g/mol. The summed E-state index contributed by atoms with van der Waals surface area (Å²) in [5.41, 5.74) is 7.48. The first-order valence-electron chi connectivity index (χ1n) is 5.48. The SMILES string of the molecule is COc1cc(C2OCCO2)cc(CN)c1OC. The van der Waals surface area contributed by atoms with Crippen LogP contribution in [0.5, 0.6) is 11.5 Å². The Morgan fingerprint density at radius 3 is 2.47 bits per heavy atom. The van der Waals surface area contributed by atoms with E-state index in [4.69, 9.17) is 24.7 Å². The van der Waals surface area contributed by atoms with Gasteiger partial charge in [-0.1, -0.05) is 0 Å². The molecule has 0 atom stereocenters. The van der Waals surface area contributed by atoms with Crippen LogP contribution in [0.3, 0.4) is 0 Å². The minimum atomic E-state index is -0.333. The number of methoxy groups -OCH3 is 2. The van der Waals surface area contributed by atoms with Crippen LogP contribution < -0.4 is 15.2 Å². The molecule has 94 valence electrons. The number of rotatable bonds is 4. The van der Waals surface area contributed by atoms with Gasteiger partial charge >= 0.3 is 0 Å². The molecule has 0 aromatic heterocycles. The fourth-order valence-electron chi connectivity index (χ4n) is 1.91. The number of hydrogen-bond acceptors (Lipinski definition) is 5. The van der Waals surface area contributed by atoms with Gasteiger partial charge in [-0.2, -0.15) is 0 Å². The van der Waals surface area contributed by atoms with Crippen molar-refractivity contribution in [2.75, 3.05) is 27.4 Å². The van der Waals surface area contributed by atoms with Gasteiger partial charge < -0.3 is 24.7 Å². The van der Waals surface area contributed by atoms with Gasteiger partial charge in [-0.25, -0.2) is 0 Å². The van der Waals surface area contributed by atoms with Crippen LogP contribution in [0.2, 0.25) is 0 Å². The molecule has 0 saturated carbocycles. The zero-order valence-corrected chi connectivity index (χ0v) is 10.1. The molecule has 0 bridgehead atoms. The minimum absolute atomic E-state index is 0.333. The van der Waals surface area contributed by atoms with Crippen LogP contribution in [0, 0.1) is 0 Å². The van der Waals surface area contributed by atoms with Crippen molar-refractivity contribution in [2.24, 2.45) is 5.73 Å². The Morgan fingerprint density at radius 2 is 1.94 bits per heavy atom. The van der Waals surface area contributed by atoms with Crippen LogP contribution in [0.4, 0.5) is 0 Å². The predicted molar refractivity (Wildman–Crippen MR) is 62.1 cm³/mol. The average molecular weight is 239 g/mol. The van der Waals surface area contributed by atoms with Gasteiger partial charge in [0.05, 0.1) is 27.4 Å². The van der Waals surface area contributed by atoms with E-state index in [9.17, 15) is 0 Å². The van der Waals surface area contributed by atoms with Crippen LogP contribution >= 0.6 is 0 Å². The van der Waals surface area contributed by atoms with Crippen molar-refractivity contribution in [1.82, 2.24) is 0 Å². The first kappa shape index (κ1) is 12.2. The molecule has 0 unspecified atom stereocenters. The standard InChI is InChI=1S/C12H17NO4/c1-14-10-6-8(12-16-3-4-17-12)5-9(7-13)11(10)15-2/h5-6,12H,3-4,7,13H2,1-2H3. The van der Waals surface area contributed by atoms with Gasteiger partial charge in [-0.05, 0) is 12.1 Å². The van der Waals surface area contributed by atoms with Gasteiger partial charge in [0.1, 0.15) is 0 Å². The van der Waals surface area contributed by atoms with E-state index in [1.54, 1.807) is 14.2 Å². The normalized spacial score (nSPS) is 16.2. The molecule has 0 amide bonds. The molecular formula is C12H17NO4. The highest BCUT2D eigenvalue weighted by molar-refractivity contribution is 5.49. The van der Waals surface area contributed by atoms with Crippen molar-refractivity contribution in [3.8, 4) is 11.5 Å². The average Bonchev–Trinajstić information content (AvgIpc) is 2.90. The Bertz CT molecular complexity index is 363. The molecule has 1 aromatic rings. The maximum atomic E-state index is 5.70. The zero-order chi connectivity index (χ0) is 12.3. The van der Waals surface area contributed by atoms with Crippen molar-refractivity contribution >= 4 is 0 Å². The van der Waals surface area contributed by atoms with E-state index in [2.05, 4.69) is 0 Å². The lowest BCUT2D eigenvalue weighted by Gasteiger charge is -2.16. The summed E-state index contributed by atoms with van der Waals surface area (Å²) in [6.07, 6.45) is -0.333. The third kappa shape index (κ3) is 2.36. The maximum Gasteiger partial charge on any atom is 0.184 e. The fourth-order valence-corrected chi connectivity index (χ4v) is 1.91. The van der Waals surface area contributed by atoms with Gasteiger partial charge in [0.2, 0.25) is 0 Å². The Hall–Kier alpha value is -1.30. The molecule has 17 heavy (non-hydrogen) atoms. The highest BCUT2D eigenvalue weighted by Crippen LogP contribution is 2.36. The molecule has 2 N–H and O–H groups in total. The quantitative estimate of drug-likeness (QED) is 0.855. The van der Waals surface area contributed by atoms with Crippen LogP contribution in [-0.2, 0) is 16.0 Å². The second-order valence-electron chi connectivity index (χ2n) is 3.69. The molecule has 1 aliphatic heterocycles. The van der Waals surface area contributed by atoms with Crippen molar-refractivity contribution in [2.45, 2.75) is 12.8 Å². The minimum Gasteiger partial charge on any atom is -0.493 e. The van der Waals surface area contributed by atoms with E-state index < -0.39 is 0 Å². The number of hydrogen-bond donors (Lipinski definition) is 1. The third-order valence-corrected chi connectivity index (χ3v) is 2.69. The lowest BCUT2D eigenvalue weighted by molar-refractivity contribution is -0.0443. The lowest BCUT2D eigenvalue weighted by Crippen LogP contribution is -2.06. The number of nitrogens with two attached hydrogens (primary N) is 1. The van der Waals surface area contributed by atoms with Crippen molar-refractivity contribution in [1.29, 1.82) is 0 Å². The van der Waals surface area contributed by atoms with Crippen LogP contribution in [0.25, 0.3) is 0 Å². The summed E-state index contributed by atoms with van der Waals surface area (Å²) < 4.78 is 21.5. The zero-order valence-electron chi connectivity index (χ0n) is 10.1. The molecule has 5 heteroatoms. The molecule has 1 aromatic carbocycles. The van der Waals surface area contributed by atoms with Crippen LogP contribution in [0.15, 0.2) is 12.1 Å². The van der Waals surface area contributed by atoms with E-state index in [-0.39, 0.29) is 6.29 Å². The van der Waals surface area contributed by atoms with E-state index in [1.807, 2.05) is 12.1 Å². The van der Waals surface area contributed by atoms with Crippen molar-refractivity contribution < 1.29 is 18.9 Å². The molecule has 1 saturated heterocycles. The second-order valence-corrected chi connectivity index (χ2v) is 3.69. The lowest BCUT2D eigenvalue weighted by atomic mass is 10.1. The molecule has 1 aliphatic rings. The first-order valence-corrected chi connectivity index (χ1v) is 5.48. The van der Waals surface area contributed by atoms with E-state index >= 15 is 0 Å². The maximum absolute atomic E-state index is 5.70. The largest absolute Gasteiger partial charge is 0.493 e. The topological polar surface area (TPSA) is 62.9 Å². The van der Waals surface area contributed by atoms with Gasteiger partial charge in [0.25, 0.3) is 0 Å². The summed E-state index contributed by atoms with van der Waals surface area (Å²) in [5.74, 6) is 1.31. The molecule has 1 fully saturated rings. The first-order chi connectivity index (χ1) is 8.30. The van der Waals surface area contributed by atoms with E-state index in [1.165, 1.54) is 0 Å². The van der Waals surface area contributed by atoms with Gasteiger partial charge in [0.15, 0.2) is 17.8 Å². The van der Waals surface area contributed by atoms with Crippen molar-refractivity contribution in [3.63, 3.8) is 0 Å². The smallest absolute Gasteiger partial charge is 0.184 e. The summed E-state index contributed by atoms with van der Waals surface area (Å²) in [7, 11) is 3.19. The predicted octanol–water partition coefficient (Wildman–Crippen LogP) is 1.21. The molecule has 2 rings (SSSR count). The summed E-state index contributed by atoms with van der Waals surface area (Å²) in [5, 5.41) is 0. The summed E-state index contributed by atoms with van der Waals surface area (Å²) in [6, 6.07) is 3.78. The number of ether oxygens (including phenoxy) is 4. The molecule has 0 radical (unpaired) electrons. The fraction of sp³-hybridized carbons (Fsp3) is 0.500. The Kier molecular flexibility index (Phi) is 3.83. The van der Waals surface area contributed by atoms with Gasteiger partial charge in [0, 0.05) is 17.7 Å². The van der Waals surface area contributed by atoms with Gasteiger partial charge in [-0.3, -0.25) is 0 Å². The molecule has 5 nitrogen and oxygen atoms in total. The molecular weight excluding hydrogens is 222 g/mol. The highest BCUT2D eigenvalue weighted by atomic mass is 16.7. The van der Waals surface area contributed by atoms with E-state index in [0.717, 1.165) is 11.1 Å². The summed E-state index contributed by atoms with van der Waals surface area (Å²) >= 11 is 0. The highest BCUT2D eigenvalue weighted by Gasteiger charge is 2.21. The van der Waals surface area contributed by atoms with Crippen LogP contribution in [-0.4, -0.2) is 27.4 Å². The Morgan fingerprint density at radius 1 is 1.24 bits per heavy atom. The number of benzene rings is 1. The van der Waals surface area contributed by atoms with E-state index in [0.29, 0.717) is 31.3 Å². The Labute approximate surface area is 100 Å². The summed E-state index contributed by atoms with van der Waals surface area (Å²) in [4.78, 5) is 0. The van der Waals surface area contributed by atoms with Crippen LogP contribution in [0.1, 0.15) is 17.4 Å². The molecule has 0 aliphatic carbocycles.